The van der Waals surface area contributed by atoms with Crippen molar-refractivity contribution in [1.82, 2.24) is 14.9 Å². The number of carbonyl (C=O) groups is 1. The van der Waals surface area contributed by atoms with Gasteiger partial charge in [0.15, 0.2) is 11.5 Å². The van der Waals surface area contributed by atoms with Crippen molar-refractivity contribution in [2.75, 3.05) is 6.79 Å². The van der Waals surface area contributed by atoms with E-state index in [1.165, 1.54) is 0 Å². The minimum atomic E-state index is -0.121. The summed E-state index contributed by atoms with van der Waals surface area (Å²) in [5.74, 6) is 1.33. The Morgan fingerprint density at radius 2 is 1.96 bits per heavy atom. The molecular formula is C18H15N3O3. The topological polar surface area (TPSA) is 65.4 Å². The summed E-state index contributed by atoms with van der Waals surface area (Å²) < 4.78 is 12.5. The van der Waals surface area contributed by atoms with Gasteiger partial charge in [-0.2, -0.15) is 0 Å². The Kier molecular flexibility index (Phi) is 3.63. The molecule has 0 saturated carbocycles. The molecule has 24 heavy (non-hydrogen) atoms. The van der Waals surface area contributed by atoms with Gasteiger partial charge in [-0.25, -0.2) is 4.98 Å². The van der Waals surface area contributed by atoms with Crippen molar-refractivity contribution in [3.05, 3.63) is 72.3 Å². The number of hydrogen-bond acceptors (Lipinski definition) is 4. The van der Waals surface area contributed by atoms with Crippen LogP contribution in [0.5, 0.6) is 11.5 Å². The van der Waals surface area contributed by atoms with Gasteiger partial charge in [-0.15, -0.1) is 0 Å². The number of benzene rings is 2. The van der Waals surface area contributed by atoms with Crippen LogP contribution in [0.3, 0.4) is 0 Å². The number of nitrogens with one attached hydrogen (secondary N) is 1. The van der Waals surface area contributed by atoms with Crippen LogP contribution in [0.25, 0.3) is 5.69 Å². The van der Waals surface area contributed by atoms with Crippen LogP contribution in [0.2, 0.25) is 0 Å². The summed E-state index contributed by atoms with van der Waals surface area (Å²) in [5, 5.41) is 2.91. The number of ether oxygens (including phenoxy) is 2. The van der Waals surface area contributed by atoms with Crippen LogP contribution in [0.1, 0.15) is 15.9 Å². The zero-order valence-electron chi connectivity index (χ0n) is 12.8. The van der Waals surface area contributed by atoms with Gasteiger partial charge >= 0.3 is 0 Å². The number of hydrogen-bond donors (Lipinski definition) is 1. The van der Waals surface area contributed by atoms with Gasteiger partial charge in [0, 0.05) is 30.2 Å². The Hall–Kier alpha value is -3.28. The lowest BCUT2D eigenvalue weighted by Gasteiger charge is -2.07. The highest BCUT2D eigenvalue weighted by atomic mass is 16.7. The second-order valence-electron chi connectivity index (χ2n) is 5.39. The molecule has 1 aromatic heterocycles. The summed E-state index contributed by atoms with van der Waals surface area (Å²) >= 11 is 0. The molecule has 2 heterocycles. The van der Waals surface area contributed by atoms with Crippen molar-refractivity contribution >= 4 is 5.91 Å². The summed E-state index contributed by atoms with van der Waals surface area (Å²) in [6, 6.07) is 13.0. The molecule has 120 valence electrons. The zero-order valence-corrected chi connectivity index (χ0v) is 12.8. The molecule has 6 heteroatoms. The van der Waals surface area contributed by atoms with Gasteiger partial charge in [0.05, 0.1) is 6.33 Å². The largest absolute Gasteiger partial charge is 0.454 e. The van der Waals surface area contributed by atoms with E-state index in [0.717, 1.165) is 17.0 Å². The predicted octanol–water partition coefficient (Wildman–Crippen LogP) is 2.53. The fourth-order valence-electron chi connectivity index (χ4n) is 2.53. The monoisotopic (exact) mass is 321 g/mol. The van der Waals surface area contributed by atoms with E-state index in [4.69, 9.17) is 9.47 Å². The first-order valence-corrected chi connectivity index (χ1v) is 7.55. The first-order chi connectivity index (χ1) is 11.8. The van der Waals surface area contributed by atoms with Crippen LogP contribution in [-0.4, -0.2) is 22.3 Å². The van der Waals surface area contributed by atoms with Crippen LogP contribution >= 0.6 is 0 Å². The molecule has 4 rings (SSSR count). The van der Waals surface area contributed by atoms with Crippen molar-refractivity contribution < 1.29 is 14.3 Å². The molecule has 1 aliphatic heterocycles. The van der Waals surface area contributed by atoms with Crippen LogP contribution in [0, 0.1) is 0 Å². The van der Waals surface area contributed by atoms with E-state index in [1.54, 1.807) is 24.7 Å². The molecule has 0 saturated heterocycles. The molecule has 1 N–H and O–H groups in total. The van der Waals surface area contributed by atoms with E-state index >= 15 is 0 Å². The van der Waals surface area contributed by atoms with E-state index in [-0.39, 0.29) is 12.7 Å². The standard InChI is InChI=1S/C18H15N3O3/c22-18(14-2-4-15(5-3-14)21-8-7-19-11-21)20-10-13-1-6-16-17(9-13)24-12-23-16/h1-9,11H,10,12H2,(H,20,22). The molecule has 0 atom stereocenters. The van der Waals surface area contributed by atoms with E-state index < -0.39 is 0 Å². The maximum Gasteiger partial charge on any atom is 0.251 e. The third-order valence-corrected chi connectivity index (χ3v) is 3.82. The third-order valence-electron chi connectivity index (χ3n) is 3.82. The maximum absolute atomic E-state index is 12.3. The van der Waals surface area contributed by atoms with Crippen molar-refractivity contribution in [2.24, 2.45) is 0 Å². The minimum Gasteiger partial charge on any atom is -0.454 e. The summed E-state index contributed by atoms with van der Waals surface area (Å²) in [6.07, 6.45) is 5.29. The third kappa shape index (κ3) is 2.81. The van der Waals surface area contributed by atoms with Gasteiger partial charge in [-0.3, -0.25) is 4.79 Å². The van der Waals surface area contributed by atoms with E-state index in [2.05, 4.69) is 10.3 Å². The van der Waals surface area contributed by atoms with Crippen LogP contribution in [-0.2, 0) is 6.54 Å². The number of rotatable bonds is 4. The lowest BCUT2D eigenvalue weighted by Crippen LogP contribution is -2.22. The highest BCUT2D eigenvalue weighted by Crippen LogP contribution is 2.32. The van der Waals surface area contributed by atoms with Crippen molar-refractivity contribution in [2.45, 2.75) is 6.54 Å². The number of imidazole rings is 1. The van der Waals surface area contributed by atoms with Crippen molar-refractivity contribution in [1.29, 1.82) is 0 Å². The van der Waals surface area contributed by atoms with Gasteiger partial charge in [-0.1, -0.05) is 6.07 Å². The van der Waals surface area contributed by atoms with Gasteiger partial charge in [0.1, 0.15) is 0 Å². The molecule has 1 amide bonds. The Morgan fingerprint density at radius 3 is 2.75 bits per heavy atom. The molecule has 0 unspecified atom stereocenters. The van der Waals surface area contributed by atoms with Gasteiger partial charge < -0.3 is 19.4 Å². The van der Waals surface area contributed by atoms with Gasteiger partial charge in [0.2, 0.25) is 6.79 Å². The molecule has 1 aliphatic rings. The fraction of sp³-hybridized carbons (Fsp3) is 0.111. The normalized spacial score (nSPS) is 12.2. The molecule has 6 nitrogen and oxygen atoms in total. The quantitative estimate of drug-likeness (QED) is 0.802. The van der Waals surface area contributed by atoms with Crippen LogP contribution in [0.15, 0.2) is 61.2 Å². The average molecular weight is 321 g/mol. The first-order valence-electron chi connectivity index (χ1n) is 7.55. The Morgan fingerprint density at radius 1 is 1.12 bits per heavy atom. The number of aromatic nitrogens is 2. The highest BCUT2D eigenvalue weighted by Gasteiger charge is 2.13. The summed E-state index contributed by atoms with van der Waals surface area (Å²) in [5.41, 5.74) is 2.53. The molecular weight excluding hydrogens is 306 g/mol. The average Bonchev–Trinajstić information content (AvgIpc) is 3.31. The van der Waals surface area contributed by atoms with Crippen LogP contribution < -0.4 is 14.8 Å². The van der Waals surface area contributed by atoms with E-state index in [1.807, 2.05) is 41.1 Å². The van der Waals surface area contributed by atoms with Gasteiger partial charge in [0.25, 0.3) is 5.91 Å². The molecule has 0 radical (unpaired) electrons. The number of fused-ring (bicyclic) bond motifs is 1. The zero-order chi connectivity index (χ0) is 16.4. The smallest absolute Gasteiger partial charge is 0.251 e. The molecule has 3 aromatic rings. The van der Waals surface area contributed by atoms with E-state index in [0.29, 0.717) is 17.9 Å². The summed E-state index contributed by atoms with van der Waals surface area (Å²) in [6.45, 7) is 0.674. The lowest BCUT2D eigenvalue weighted by atomic mass is 10.1. The lowest BCUT2D eigenvalue weighted by molar-refractivity contribution is 0.0951. The Labute approximate surface area is 138 Å². The van der Waals surface area contributed by atoms with Crippen molar-refractivity contribution in [3.63, 3.8) is 0 Å². The predicted molar refractivity (Wildman–Crippen MR) is 87.3 cm³/mol. The summed E-state index contributed by atoms with van der Waals surface area (Å²) in [7, 11) is 0. The Balaban J connectivity index is 1.41. The molecule has 0 bridgehead atoms. The second kappa shape index (κ2) is 6.08. The number of nitrogens with zero attached hydrogens (tertiary/aromatic N) is 2. The number of carbonyl (C=O) groups excluding carboxylic acids is 1. The molecule has 2 aromatic carbocycles. The van der Waals surface area contributed by atoms with Gasteiger partial charge in [-0.05, 0) is 42.0 Å². The SMILES string of the molecule is O=C(NCc1ccc2c(c1)OCO2)c1ccc(-n2ccnc2)cc1. The highest BCUT2D eigenvalue weighted by molar-refractivity contribution is 5.94. The van der Waals surface area contributed by atoms with Crippen LogP contribution in [0.4, 0.5) is 0 Å². The molecule has 0 aliphatic carbocycles. The second-order valence-corrected chi connectivity index (χ2v) is 5.39. The van der Waals surface area contributed by atoms with Crippen molar-refractivity contribution in [3.8, 4) is 17.2 Å². The molecule has 0 spiro atoms. The Bertz CT molecular complexity index is 858. The summed E-state index contributed by atoms with van der Waals surface area (Å²) in [4.78, 5) is 16.3. The number of amides is 1. The molecule has 0 fully saturated rings. The maximum atomic E-state index is 12.3. The fourth-order valence-corrected chi connectivity index (χ4v) is 2.53. The minimum absolute atomic E-state index is 0.121. The first kappa shape index (κ1) is 14.3. The van der Waals surface area contributed by atoms with E-state index in [9.17, 15) is 4.79 Å².